The van der Waals surface area contributed by atoms with E-state index in [-0.39, 0.29) is 25.7 Å². The van der Waals surface area contributed by atoms with Gasteiger partial charge in [0.2, 0.25) is 0 Å². The van der Waals surface area contributed by atoms with E-state index in [4.69, 9.17) is 37.0 Å². The topological polar surface area (TPSA) is 237 Å². The summed E-state index contributed by atoms with van der Waals surface area (Å²) in [5, 5.41) is 10.5. The lowest BCUT2D eigenvalue weighted by Gasteiger charge is -2.21. The number of aliphatic hydroxyl groups is 1. The number of phosphoric ester groups is 2. The third kappa shape index (κ3) is 51.7. The quantitative estimate of drug-likeness (QED) is 0.0222. The van der Waals surface area contributed by atoms with Crippen molar-refractivity contribution in [2.45, 2.75) is 305 Å². The summed E-state index contributed by atoms with van der Waals surface area (Å²) in [5.41, 5.74) is 0. The van der Waals surface area contributed by atoms with Gasteiger partial charge in [-0.25, -0.2) is 9.13 Å². The fourth-order valence-corrected chi connectivity index (χ4v) is 10.4. The van der Waals surface area contributed by atoms with Crippen LogP contribution in [-0.2, 0) is 65.4 Å². The number of hydrogen-bond donors (Lipinski definition) is 3. The number of phosphoric acid groups is 2. The molecule has 0 radical (unpaired) electrons. The van der Waals surface area contributed by atoms with Gasteiger partial charge < -0.3 is 33.8 Å². The Labute approximate surface area is 486 Å². The van der Waals surface area contributed by atoms with Gasteiger partial charge in [-0.3, -0.25) is 37.3 Å². The summed E-state index contributed by atoms with van der Waals surface area (Å²) in [6.07, 6.45) is 29.5. The van der Waals surface area contributed by atoms with Gasteiger partial charge in [0.15, 0.2) is 12.2 Å². The van der Waals surface area contributed by atoms with Crippen molar-refractivity contribution in [3.8, 4) is 0 Å². The summed E-state index contributed by atoms with van der Waals surface area (Å²) < 4.78 is 67.8. The highest BCUT2D eigenvalue weighted by Crippen LogP contribution is 2.45. The highest BCUT2D eigenvalue weighted by Gasteiger charge is 2.30. The van der Waals surface area contributed by atoms with E-state index in [1.54, 1.807) is 0 Å². The van der Waals surface area contributed by atoms with Crippen molar-refractivity contribution in [3.63, 3.8) is 0 Å². The van der Waals surface area contributed by atoms with Gasteiger partial charge >= 0.3 is 39.5 Å². The molecular weight excluding hydrogens is 1070 g/mol. The molecule has 0 rings (SSSR count). The number of aliphatic hydroxyl groups excluding tert-OH is 1. The van der Waals surface area contributed by atoms with E-state index in [2.05, 4.69) is 55.4 Å². The van der Waals surface area contributed by atoms with Crippen LogP contribution in [0.15, 0.2) is 0 Å². The second kappa shape index (κ2) is 51.5. The molecule has 0 saturated heterocycles. The van der Waals surface area contributed by atoms with Crippen LogP contribution in [-0.4, -0.2) is 96.7 Å². The van der Waals surface area contributed by atoms with E-state index in [1.807, 2.05) is 0 Å². The third-order valence-electron chi connectivity index (χ3n) is 14.9. The molecule has 0 heterocycles. The number of unbranched alkanes of at least 4 members (excludes halogenated alkanes) is 21. The zero-order chi connectivity index (χ0) is 59.7. The first kappa shape index (κ1) is 78.1. The Morgan fingerprint density at radius 1 is 0.350 bits per heavy atom. The molecule has 474 valence electrons. The van der Waals surface area contributed by atoms with Gasteiger partial charge in [-0.05, 0) is 49.4 Å². The van der Waals surface area contributed by atoms with E-state index in [0.29, 0.717) is 31.6 Å². The molecule has 0 aliphatic heterocycles. The van der Waals surface area contributed by atoms with Gasteiger partial charge in [-0.1, -0.05) is 235 Å². The first-order valence-corrected chi connectivity index (χ1v) is 34.8. The average Bonchev–Trinajstić information content (AvgIpc) is 3.42. The summed E-state index contributed by atoms with van der Waals surface area (Å²) in [6, 6.07) is 0. The molecule has 0 aliphatic rings. The molecule has 17 nitrogen and oxygen atoms in total. The maximum Gasteiger partial charge on any atom is 0.472 e. The molecule has 0 bridgehead atoms. The van der Waals surface area contributed by atoms with Crippen molar-refractivity contribution in [3.05, 3.63) is 0 Å². The van der Waals surface area contributed by atoms with Gasteiger partial charge in [0.05, 0.1) is 26.4 Å². The van der Waals surface area contributed by atoms with Gasteiger partial charge in [0.1, 0.15) is 19.3 Å². The maximum absolute atomic E-state index is 12.9. The molecule has 0 aromatic carbocycles. The zero-order valence-corrected chi connectivity index (χ0v) is 53.5. The molecule has 0 amide bonds. The number of rotatable bonds is 58. The SMILES string of the molecule is CCC(C)CCCCCCCCC(=O)OC[C@H](COP(=O)(O)OC[C@@H](O)COP(=O)(O)OC[C@@H](COC(=O)CCCCCCCCC(C)CC)OC(=O)CCCCCCCCC(C)CC)OC(=O)CCCCCCCCCC(C)C. The highest BCUT2D eigenvalue weighted by molar-refractivity contribution is 7.47. The van der Waals surface area contributed by atoms with Crippen molar-refractivity contribution in [1.82, 2.24) is 0 Å². The second-order valence-electron chi connectivity index (χ2n) is 23.3. The van der Waals surface area contributed by atoms with Crippen LogP contribution < -0.4 is 0 Å². The third-order valence-corrected chi connectivity index (χ3v) is 16.8. The largest absolute Gasteiger partial charge is 0.472 e. The number of carbonyl (C=O) groups excluding carboxylic acids is 4. The van der Waals surface area contributed by atoms with Crippen LogP contribution in [0, 0.1) is 23.7 Å². The normalized spacial score (nSPS) is 15.6. The van der Waals surface area contributed by atoms with Crippen molar-refractivity contribution in [2.24, 2.45) is 23.7 Å². The molecule has 0 saturated carbocycles. The van der Waals surface area contributed by atoms with Crippen LogP contribution in [0.1, 0.15) is 287 Å². The Morgan fingerprint density at radius 3 is 0.887 bits per heavy atom. The molecule has 0 fully saturated rings. The van der Waals surface area contributed by atoms with E-state index in [0.717, 1.165) is 120 Å². The Kier molecular flexibility index (Phi) is 50.2. The van der Waals surface area contributed by atoms with E-state index in [1.165, 1.54) is 77.0 Å². The molecule has 8 atom stereocenters. The molecular formula is C61H118O17P2. The Bertz CT molecular complexity index is 1620. The lowest BCUT2D eigenvalue weighted by atomic mass is 10.00. The molecule has 5 unspecified atom stereocenters. The minimum atomic E-state index is -4.94. The number of hydrogen-bond acceptors (Lipinski definition) is 15. The molecule has 0 aliphatic carbocycles. The highest BCUT2D eigenvalue weighted by atomic mass is 31.2. The van der Waals surface area contributed by atoms with Crippen LogP contribution in [0.2, 0.25) is 0 Å². The van der Waals surface area contributed by atoms with Gasteiger partial charge in [-0.2, -0.15) is 0 Å². The molecule has 0 aromatic rings. The monoisotopic (exact) mass is 1180 g/mol. The van der Waals surface area contributed by atoms with Gasteiger partial charge in [0, 0.05) is 25.7 Å². The Balaban J connectivity index is 5.27. The van der Waals surface area contributed by atoms with Crippen molar-refractivity contribution < 1.29 is 80.2 Å². The molecule has 3 N–H and O–H groups in total. The fourth-order valence-electron chi connectivity index (χ4n) is 8.80. The standard InChI is InChI=1S/C61H118O17P2/c1-9-52(6)38-30-22-15-18-25-33-41-58(63)71-47-56(77-60(65)43-35-27-14-12-13-21-29-37-51(4)5)49-75-79(67,68)73-45-55(62)46-74-80(69,70)76-50-57(78-61(66)44-36-28-20-17-24-32-40-54(8)11-3)48-72-59(64)42-34-26-19-16-23-31-39-53(7)10-2/h51-57,62H,9-50H2,1-8H3,(H,67,68)(H,69,70)/t52?,53?,54?,55-,56-,57-/m1/s1. The maximum atomic E-state index is 12.9. The van der Waals surface area contributed by atoms with Crippen LogP contribution >= 0.6 is 15.6 Å². The van der Waals surface area contributed by atoms with Crippen LogP contribution in [0.4, 0.5) is 0 Å². The fraction of sp³-hybridized carbons (Fsp3) is 0.934. The molecule has 0 spiro atoms. The average molecular weight is 1190 g/mol. The van der Waals surface area contributed by atoms with Gasteiger partial charge in [-0.15, -0.1) is 0 Å². The predicted octanol–water partition coefficient (Wildman–Crippen LogP) is 16.2. The van der Waals surface area contributed by atoms with Gasteiger partial charge in [0.25, 0.3) is 0 Å². The number of carbonyl (C=O) groups is 4. The summed E-state index contributed by atoms with van der Waals surface area (Å²) >= 11 is 0. The minimum absolute atomic E-state index is 0.101. The first-order valence-electron chi connectivity index (χ1n) is 31.8. The van der Waals surface area contributed by atoms with E-state index in [9.17, 15) is 43.2 Å². The molecule has 80 heavy (non-hydrogen) atoms. The second-order valence-corrected chi connectivity index (χ2v) is 26.2. The van der Waals surface area contributed by atoms with Crippen molar-refractivity contribution in [2.75, 3.05) is 39.6 Å². The summed E-state index contributed by atoms with van der Waals surface area (Å²) in [6.45, 7) is 13.9. The first-order chi connectivity index (χ1) is 38.2. The van der Waals surface area contributed by atoms with Crippen molar-refractivity contribution >= 4 is 39.5 Å². The zero-order valence-electron chi connectivity index (χ0n) is 51.7. The lowest BCUT2D eigenvalue weighted by Crippen LogP contribution is -2.30. The summed E-state index contributed by atoms with van der Waals surface area (Å²) in [7, 11) is -9.88. The smallest absolute Gasteiger partial charge is 0.462 e. The lowest BCUT2D eigenvalue weighted by molar-refractivity contribution is -0.161. The Morgan fingerprint density at radius 2 is 0.600 bits per heavy atom. The Hall–Kier alpha value is -1.94. The van der Waals surface area contributed by atoms with Crippen molar-refractivity contribution in [1.29, 1.82) is 0 Å². The van der Waals surface area contributed by atoms with Crippen LogP contribution in [0.3, 0.4) is 0 Å². The van der Waals surface area contributed by atoms with Crippen LogP contribution in [0.25, 0.3) is 0 Å². The molecule has 0 aromatic heterocycles. The summed E-state index contributed by atoms with van der Waals surface area (Å²) in [4.78, 5) is 72.0. The minimum Gasteiger partial charge on any atom is -0.462 e. The predicted molar refractivity (Wildman–Crippen MR) is 317 cm³/mol. The van der Waals surface area contributed by atoms with E-state index < -0.39 is 97.5 Å². The van der Waals surface area contributed by atoms with E-state index >= 15 is 0 Å². The van der Waals surface area contributed by atoms with Crippen LogP contribution in [0.5, 0.6) is 0 Å². The number of ether oxygens (including phenoxy) is 4. The number of esters is 4. The molecule has 19 heteroatoms. The summed E-state index contributed by atoms with van der Waals surface area (Å²) in [5.74, 6) is 0.729.